The minimum atomic E-state index is -0.690. The Balaban J connectivity index is 1.43. The summed E-state index contributed by atoms with van der Waals surface area (Å²) in [4.78, 5) is 38.0. The largest absolute Gasteiger partial charge is 0.431 e. The van der Waals surface area contributed by atoms with Gasteiger partial charge in [-0.15, -0.1) is 0 Å². The highest BCUT2D eigenvalue weighted by molar-refractivity contribution is 6.22. The zero-order valence-corrected chi connectivity index (χ0v) is 16.4. The maximum Gasteiger partial charge on any atom is 0.431 e. The lowest BCUT2D eigenvalue weighted by Gasteiger charge is -2.15. The maximum atomic E-state index is 12.8. The van der Waals surface area contributed by atoms with E-state index in [9.17, 15) is 14.4 Å². The summed E-state index contributed by atoms with van der Waals surface area (Å²) in [5, 5.41) is 5.39. The number of aromatic amines is 1. The van der Waals surface area contributed by atoms with Gasteiger partial charge in [0, 0.05) is 0 Å². The molecule has 1 atom stereocenters. The fourth-order valence-corrected chi connectivity index (χ4v) is 3.33. The van der Waals surface area contributed by atoms with Gasteiger partial charge in [0.2, 0.25) is 5.91 Å². The Kier molecular flexibility index (Phi) is 5.40. The molecule has 8 nitrogen and oxygen atoms in total. The van der Waals surface area contributed by atoms with Gasteiger partial charge in [-0.1, -0.05) is 59.3 Å². The minimum absolute atomic E-state index is 0.0357. The highest BCUT2D eigenvalue weighted by Gasteiger charge is 2.39. The number of carbonyl (C=O) groups excluding carboxylic acids is 2. The lowest BCUT2D eigenvalue weighted by Crippen LogP contribution is -2.43. The van der Waals surface area contributed by atoms with E-state index in [4.69, 9.17) is 0 Å². The number of nitrogens with one attached hydrogen (secondary N) is 2. The molecule has 0 spiro atoms. The summed E-state index contributed by atoms with van der Waals surface area (Å²) in [5.74, 6) is -0.620. The van der Waals surface area contributed by atoms with Gasteiger partial charge in [-0.2, -0.15) is 0 Å². The predicted octanol–water partition coefficient (Wildman–Crippen LogP) is 1.38. The molecule has 1 unspecified atom stereocenters. The standard InChI is InChI=1S/C22H20N4O4/c1-25-19(22(29)30-24-25)14-23-18-13-20(27)26(21(18)28)17-11-9-16(10-12-17)8-7-15-5-3-2-4-6-15/h2-12,18,23H,13-14H2,1H3/p+1/b8-7+. The van der Waals surface area contributed by atoms with Crippen LogP contribution < -0.4 is 20.5 Å². The first kappa shape index (κ1) is 19.5. The summed E-state index contributed by atoms with van der Waals surface area (Å²) in [5.41, 5.74) is 2.40. The number of carbonyl (C=O) groups is 2. The van der Waals surface area contributed by atoms with Crippen molar-refractivity contribution < 1.29 is 18.8 Å². The average molecular weight is 405 g/mol. The van der Waals surface area contributed by atoms with Gasteiger partial charge in [-0.3, -0.25) is 19.4 Å². The second-order valence-electron chi connectivity index (χ2n) is 7.03. The molecule has 0 aliphatic carbocycles. The zero-order chi connectivity index (χ0) is 21.1. The molecule has 2 heterocycles. The van der Waals surface area contributed by atoms with E-state index in [0.717, 1.165) is 11.1 Å². The second-order valence-corrected chi connectivity index (χ2v) is 7.03. The van der Waals surface area contributed by atoms with Crippen molar-refractivity contribution >= 4 is 29.7 Å². The van der Waals surface area contributed by atoms with Crippen molar-refractivity contribution in [2.24, 2.45) is 7.05 Å². The molecule has 3 aromatic rings. The van der Waals surface area contributed by atoms with E-state index < -0.39 is 11.7 Å². The molecule has 0 saturated carbocycles. The van der Waals surface area contributed by atoms with Crippen LogP contribution in [-0.2, 0) is 23.2 Å². The molecule has 4 rings (SSSR count). The molecule has 152 valence electrons. The Hall–Kier alpha value is -3.78. The van der Waals surface area contributed by atoms with Crippen LogP contribution in [0.2, 0.25) is 0 Å². The fourth-order valence-electron chi connectivity index (χ4n) is 3.33. The summed E-state index contributed by atoms with van der Waals surface area (Å²) >= 11 is 0. The lowest BCUT2D eigenvalue weighted by molar-refractivity contribution is -0.746. The van der Waals surface area contributed by atoms with E-state index >= 15 is 0 Å². The minimum Gasteiger partial charge on any atom is -0.296 e. The topological polar surface area (TPSA) is 99.3 Å². The summed E-state index contributed by atoms with van der Waals surface area (Å²) in [6.07, 6.45) is 4.01. The molecule has 1 fully saturated rings. The van der Waals surface area contributed by atoms with E-state index in [1.807, 2.05) is 54.6 Å². The first-order valence-corrected chi connectivity index (χ1v) is 9.52. The molecular weight excluding hydrogens is 384 g/mol. The van der Waals surface area contributed by atoms with Crippen molar-refractivity contribution in [1.82, 2.24) is 10.6 Å². The average Bonchev–Trinajstić information content (AvgIpc) is 3.23. The molecular formula is C22H21N4O4+. The number of H-pyrrole nitrogens is 1. The van der Waals surface area contributed by atoms with Gasteiger partial charge in [0.05, 0.1) is 24.7 Å². The third kappa shape index (κ3) is 3.99. The number of anilines is 1. The third-order valence-electron chi connectivity index (χ3n) is 5.00. The van der Waals surface area contributed by atoms with Crippen molar-refractivity contribution in [2.75, 3.05) is 4.90 Å². The number of benzene rings is 2. The van der Waals surface area contributed by atoms with Gasteiger partial charge < -0.3 is 0 Å². The fraction of sp³-hybridized carbons (Fsp3) is 0.182. The zero-order valence-electron chi connectivity index (χ0n) is 16.4. The number of aromatic nitrogens is 2. The molecule has 1 aromatic heterocycles. The van der Waals surface area contributed by atoms with Crippen LogP contribution in [0, 0.1) is 0 Å². The van der Waals surface area contributed by atoms with Crippen LogP contribution in [0.25, 0.3) is 12.2 Å². The van der Waals surface area contributed by atoms with E-state index in [1.165, 1.54) is 9.58 Å². The lowest BCUT2D eigenvalue weighted by atomic mass is 10.1. The summed E-state index contributed by atoms with van der Waals surface area (Å²) < 4.78 is 6.11. The first-order chi connectivity index (χ1) is 14.5. The van der Waals surface area contributed by atoms with E-state index in [1.54, 1.807) is 19.2 Å². The van der Waals surface area contributed by atoms with Gasteiger partial charge in [-0.25, -0.2) is 9.69 Å². The Morgan fingerprint density at radius 2 is 1.73 bits per heavy atom. The SMILES string of the molecule is C[n+]1[nH]oc(=O)c1CNC1CC(=O)N(c2ccc(/C=C/c3ccccc3)cc2)C1=O. The maximum absolute atomic E-state index is 12.8. The number of rotatable bonds is 6. The molecule has 8 heteroatoms. The van der Waals surface area contributed by atoms with E-state index in [0.29, 0.717) is 11.4 Å². The van der Waals surface area contributed by atoms with Crippen LogP contribution in [0.15, 0.2) is 63.9 Å². The van der Waals surface area contributed by atoms with Crippen molar-refractivity contribution in [3.8, 4) is 0 Å². The number of amides is 2. The Bertz CT molecular complexity index is 1150. The molecule has 2 amide bonds. The molecule has 1 aliphatic heterocycles. The van der Waals surface area contributed by atoms with Gasteiger partial charge in [0.1, 0.15) is 0 Å². The molecule has 0 bridgehead atoms. The highest BCUT2D eigenvalue weighted by Crippen LogP contribution is 2.24. The van der Waals surface area contributed by atoms with Crippen LogP contribution in [0.1, 0.15) is 23.2 Å². The van der Waals surface area contributed by atoms with Crippen molar-refractivity contribution in [3.05, 3.63) is 81.8 Å². The van der Waals surface area contributed by atoms with E-state index in [-0.39, 0.29) is 24.8 Å². The van der Waals surface area contributed by atoms with Crippen LogP contribution >= 0.6 is 0 Å². The number of nitrogens with zero attached hydrogens (tertiary/aromatic N) is 2. The first-order valence-electron chi connectivity index (χ1n) is 9.52. The quantitative estimate of drug-likeness (QED) is 0.367. The van der Waals surface area contributed by atoms with Crippen LogP contribution in [0.4, 0.5) is 5.69 Å². The Morgan fingerprint density at radius 1 is 1.07 bits per heavy atom. The van der Waals surface area contributed by atoms with Crippen LogP contribution in [-0.4, -0.2) is 23.1 Å². The van der Waals surface area contributed by atoms with Crippen molar-refractivity contribution in [2.45, 2.75) is 19.0 Å². The number of hydrogen-bond donors (Lipinski definition) is 2. The van der Waals surface area contributed by atoms with Gasteiger partial charge >= 0.3 is 11.3 Å². The second kappa shape index (κ2) is 8.30. The van der Waals surface area contributed by atoms with Gasteiger partial charge in [-0.05, 0) is 28.5 Å². The summed E-state index contributed by atoms with van der Waals surface area (Å²) in [7, 11) is 1.63. The summed E-state index contributed by atoms with van der Waals surface area (Å²) in [6, 6.07) is 16.5. The number of aryl methyl sites for hydroxylation is 1. The molecule has 1 aliphatic rings. The summed E-state index contributed by atoms with van der Waals surface area (Å²) in [6.45, 7) is 0.114. The Labute approximate surface area is 172 Å². The van der Waals surface area contributed by atoms with Crippen LogP contribution in [0.5, 0.6) is 0 Å². The van der Waals surface area contributed by atoms with Crippen molar-refractivity contribution in [3.63, 3.8) is 0 Å². The smallest absolute Gasteiger partial charge is 0.296 e. The molecule has 1 saturated heterocycles. The normalized spacial score (nSPS) is 16.7. The molecule has 2 aromatic carbocycles. The highest BCUT2D eigenvalue weighted by atomic mass is 16.5. The van der Waals surface area contributed by atoms with E-state index in [2.05, 4.69) is 15.1 Å². The van der Waals surface area contributed by atoms with Gasteiger partial charge in [0.15, 0.2) is 7.05 Å². The van der Waals surface area contributed by atoms with Gasteiger partial charge in [0.25, 0.3) is 5.91 Å². The monoisotopic (exact) mass is 405 g/mol. The van der Waals surface area contributed by atoms with Crippen molar-refractivity contribution in [1.29, 1.82) is 0 Å². The molecule has 0 radical (unpaired) electrons. The number of hydrogen-bond acceptors (Lipinski definition) is 5. The third-order valence-corrected chi connectivity index (χ3v) is 5.00. The Morgan fingerprint density at radius 3 is 2.37 bits per heavy atom. The molecule has 30 heavy (non-hydrogen) atoms. The predicted molar refractivity (Wildman–Crippen MR) is 110 cm³/mol. The van der Waals surface area contributed by atoms with Crippen LogP contribution in [0.3, 0.4) is 0 Å². The number of imide groups is 1. The molecule has 2 N–H and O–H groups in total.